The Kier molecular flexibility index (Phi) is 5.26. The SMILES string of the molecule is CN(CCSCC1OCCc2[nH]cnc21)C(N)=NC#N. The van der Waals surface area contributed by atoms with Crippen LogP contribution in [0, 0.1) is 11.5 Å². The van der Waals surface area contributed by atoms with Crippen LogP contribution in [0.2, 0.25) is 0 Å². The fraction of sp³-hybridized carbons (Fsp3) is 0.583. The normalized spacial score (nSPS) is 18.4. The lowest BCUT2D eigenvalue weighted by Crippen LogP contribution is -2.35. The number of aliphatic imine (C=N–C) groups is 1. The molecule has 0 aliphatic carbocycles. The molecule has 0 aromatic carbocycles. The molecule has 2 heterocycles. The molecule has 1 unspecified atom stereocenters. The number of nitrogens with zero attached hydrogens (tertiary/aromatic N) is 4. The van der Waals surface area contributed by atoms with Crippen molar-refractivity contribution in [3.8, 4) is 6.19 Å². The number of hydrogen-bond acceptors (Lipinski definition) is 5. The van der Waals surface area contributed by atoms with Crippen LogP contribution in [0.1, 0.15) is 17.5 Å². The van der Waals surface area contributed by atoms with Crippen LogP contribution in [-0.2, 0) is 11.2 Å². The molecule has 108 valence electrons. The number of nitriles is 1. The Bertz CT molecular complexity index is 508. The molecule has 1 aliphatic heterocycles. The van der Waals surface area contributed by atoms with E-state index in [9.17, 15) is 0 Å². The molecule has 7 nitrogen and oxygen atoms in total. The maximum atomic E-state index is 8.42. The summed E-state index contributed by atoms with van der Waals surface area (Å²) in [4.78, 5) is 12.7. The second kappa shape index (κ2) is 7.17. The molecule has 0 amide bonds. The summed E-state index contributed by atoms with van der Waals surface area (Å²) in [7, 11) is 1.82. The van der Waals surface area contributed by atoms with Gasteiger partial charge in [-0.25, -0.2) is 4.98 Å². The molecule has 0 saturated heterocycles. The van der Waals surface area contributed by atoms with Gasteiger partial charge in [-0.3, -0.25) is 0 Å². The minimum atomic E-state index is 0.0606. The Morgan fingerprint density at radius 1 is 1.80 bits per heavy atom. The lowest BCUT2D eigenvalue weighted by molar-refractivity contribution is 0.0554. The molecule has 0 fully saturated rings. The van der Waals surface area contributed by atoms with Gasteiger partial charge >= 0.3 is 0 Å². The van der Waals surface area contributed by atoms with Gasteiger partial charge in [0.25, 0.3) is 0 Å². The quantitative estimate of drug-likeness (QED) is 0.354. The van der Waals surface area contributed by atoms with E-state index < -0.39 is 0 Å². The summed E-state index contributed by atoms with van der Waals surface area (Å²) in [5.41, 5.74) is 7.82. The van der Waals surface area contributed by atoms with Gasteiger partial charge in [0, 0.05) is 37.2 Å². The number of fused-ring (bicyclic) bond motifs is 1. The van der Waals surface area contributed by atoms with Crippen molar-refractivity contribution in [2.45, 2.75) is 12.5 Å². The highest BCUT2D eigenvalue weighted by atomic mass is 32.2. The van der Waals surface area contributed by atoms with Crippen molar-refractivity contribution in [1.29, 1.82) is 5.26 Å². The molecular weight excluding hydrogens is 276 g/mol. The molecule has 2 rings (SSSR count). The van der Waals surface area contributed by atoms with Crippen LogP contribution in [0.15, 0.2) is 11.3 Å². The Morgan fingerprint density at radius 3 is 3.45 bits per heavy atom. The molecule has 0 radical (unpaired) electrons. The average molecular weight is 294 g/mol. The predicted octanol–water partition coefficient (Wildman–Crippen LogP) is 0.484. The van der Waals surface area contributed by atoms with E-state index in [1.54, 1.807) is 29.2 Å². The average Bonchev–Trinajstić information content (AvgIpc) is 2.92. The number of rotatable bonds is 5. The highest BCUT2D eigenvalue weighted by molar-refractivity contribution is 7.99. The number of aromatic nitrogens is 2. The zero-order valence-corrected chi connectivity index (χ0v) is 12.2. The van der Waals surface area contributed by atoms with Crippen molar-refractivity contribution in [3.63, 3.8) is 0 Å². The van der Waals surface area contributed by atoms with Crippen LogP contribution < -0.4 is 5.73 Å². The van der Waals surface area contributed by atoms with Crippen LogP contribution in [0.3, 0.4) is 0 Å². The highest BCUT2D eigenvalue weighted by Crippen LogP contribution is 2.27. The van der Waals surface area contributed by atoms with Crippen LogP contribution in [0.5, 0.6) is 0 Å². The van der Waals surface area contributed by atoms with E-state index in [0.29, 0.717) is 0 Å². The van der Waals surface area contributed by atoms with E-state index in [1.807, 2.05) is 7.05 Å². The first-order chi connectivity index (χ1) is 9.72. The van der Waals surface area contributed by atoms with E-state index in [0.717, 1.165) is 36.8 Å². The van der Waals surface area contributed by atoms with E-state index in [4.69, 9.17) is 15.7 Å². The summed E-state index contributed by atoms with van der Waals surface area (Å²) in [6, 6.07) is 0. The molecular formula is C12H18N6OS. The fourth-order valence-corrected chi connectivity index (χ4v) is 3.00. The standard InChI is InChI=1S/C12H18N6OS/c1-18(12(14)15-7-13)3-5-20-6-10-11-9(2-4-19-10)16-8-17-11/h8,10H,2-6H2,1H3,(H2,14,15)(H,16,17). The number of aromatic amines is 1. The molecule has 0 saturated carbocycles. The van der Waals surface area contributed by atoms with Crippen molar-refractivity contribution in [2.75, 3.05) is 31.7 Å². The Morgan fingerprint density at radius 2 is 2.65 bits per heavy atom. The van der Waals surface area contributed by atoms with Gasteiger partial charge in [0.05, 0.1) is 18.6 Å². The topological polar surface area (TPSA) is 103 Å². The first-order valence-corrected chi connectivity index (χ1v) is 7.52. The maximum absolute atomic E-state index is 8.42. The Hall–Kier alpha value is -1.72. The molecule has 1 aliphatic rings. The summed E-state index contributed by atoms with van der Waals surface area (Å²) in [6.45, 7) is 1.48. The second-order valence-electron chi connectivity index (χ2n) is 4.44. The van der Waals surface area contributed by atoms with E-state index in [2.05, 4.69) is 15.0 Å². The molecule has 0 spiro atoms. The van der Waals surface area contributed by atoms with Gasteiger partial charge in [-0.15, -0.1) is 4.99 Å². The Labute approximate surface area is 122 Å². The first kappa shape index (κ1) is 14.7. The molecule has 8 heteroatoms. The molecule has 1 aromatic rings. The lowest BCUT2D eigenvalue weighted by Gasteiger charge is -2.22. The number of nitrogens with one attached hydrogen (secondary N) is 1. The fourth-order valence-electron chi connectivity index (χ4n) is 1.96. The van der Waals surface area contributed by atoms with Crippen LogP contribution in [0.25, 0.3) is 0 Å². The summed E-state index contributed by atoms with van der Waals surface area (Å²) in [6.07, 6.45) is 4.37. The van der Waals surface area contributed by atoms with Crippen molar-refractivity contribution in [2.24, 2.45) is 10.7 Å². The van der Waals surface area contributed by atoms with Crippen molar-refractivity contribution in [1.82, 2.24) is 14.9 Å². The van der Waals surface area contributed by atoms with E-state index in [1.165, 1.54) is 5.69 Å². The minimum absolute atomic E-state index is 0.0606. The van der Waals surface area contributed by atoms with Crippen molar-refractivity contribution < 1.29 is 4.74 Å². The smallest absolute Gasteiger partial charge is 0.209 e. The minimum Gasteiger partial charge on any atom is -0.371 e. The van der Waals surface area contributed by atoms with Gasteiger partial charge in [0.15, 0.2) is 0 Å². The summed E-state index contributed by atoms with van der Waals surface area (Å²) in [5, 5.41) is 8.42. The number of thioether (sulfide) groups is 1. The zero-order chi connectivity index (χ0) is 14.4. The predicted molar refractivity (Wildman–Crippen MR) is 78.2 cm³/mol. The molecule has 3 N–H and O–H groups in total. The van der Waals surface area contributed by atoms with E-state index in [-0.39, 0.29) is 12.1 Å². The van der Waals surface area contributed by atoms with Gasteiger partial charge < -0.3 is 20.4 Å². The summed E-state index contributed by atoms with van der Waals surface area (Å²) >= 11 is 1.78. The largest absolute Gasteiger partial charge is 0.371 e. The highest BCUT2D eigenvalue weighted by Gasteiger charge is 2.23. The molecule has 1 atom stereocenters. The van der Waals surface area contributed by atoms with Gasteiger partial charge in [-0.1, -0.05) is 0 Å². The van der Waals surface area contributed by atoms with Crippen molar-refractivity contribution >= 4 is 17.7 Å². The zero-order valence-electron chi connectivity index (χ0n) is 11.4. The third-order valence-corrected chi connectivity index (χ3v) is 4.13. The third-order valence-electron chi connectivity index (χ3n) is 3.12. The van der Waals surface area contributed by atoms with Crippen LogP contribution in [0.4, 0.5) is 0 Å². The van der Waals surface area contributed by atoms with Gasteiger partial charge in [-0.05, 0) is 0 Å². The number of guanidine groups is 1. The van der Waals surface area contributed by atoms with Crippen LogP contribution in [-0.4, -0.2) is 52.5 Å². The number of H-pyrrole nitrogens is 1. The van der Waals surface area contributed by atoms with Crippen LogP contribution >= 0.6 is 11.8 Å². The van der Waals surface area contributed by atoms with Gasteiger partial charge in [0.2, 0.25) is 12.2 Å². The summed E-state index contributed by atoms with van der Waals surface area (Å²) < 4.78 is 5.75. The van der Waals surface area contributed by atoms with Gasteiger partial charge in [0.1, 0.15) is 6.10 Å². The maximum Gasteiger partial charge on any atom is 0.209 e. The Balaban J connectivity index is 1.73. The van der Waals surface area contributed by atoms with Crippen molar-refractivity contribution in [3.05, 3.63) is 17.7 Å². The molecule has 0 bridgehead atoms. The monoisotopic (exact) mass is 294 g/mol. The number of ether oxygens (including phenoxy) is 1. The van der Waals surface area contributed by atoms with Gasteiger partial charge in [-0.2, -0.15) is 17.0 Å². The third kappa shape index (κ3) is 3.65. The number of nitrogens with two attached hydrogens (primary N) is 1. The van der Waals surface area contributed by atoms with E-state index >= 15 is 0 Å². The number of hydrogen-bond donors (Lipinski definition) is 2. The first-order valence-electron chi connectivity index (χ1n) is 6.37. The summed E-state index contributed by atoms with van der Waals surface area (Å²) in [5.74, 6) is 2.00. The molecule has 1 aromatic heterocycles. The number of imidazole rings is 1. The molecule has 20 heavy (non-hydrogen) atoms. The second-order valence-corrected chi connectivity index (χ2v) is 5.59. The lowest BCUT2D eigenvalue weighted by atomic mass is 10.1.